The number of amides is 2. The first-order chi connectivity index (χ1) is 9.20. The number of rotatable bonds is 4. The Balaban J connectivity index is 2.19. The zero-order valence-electron chi connectivity index (χ0n) is 10.6. The topological polar surface area (TPSA) is 79.2 Å². The molecule has 6 nitrogen and oxygen atoms in total. The molecule has 0 atom stereocenters. The van der Waals surface area contributed by atoms with Crippen LogP contribution in [0.25, 0.3) is 5.69 Å². The van der Waals surface area contributed by atoms with Gasteiger partial charge in [-0.2, -0.15) is 5.10 Å². The lowest BCUT2D eigenvalue weighted by molar-refractivity contribution is 0.245. The van der Waals surface area contributed by atoms with Crippen LogP contribution >= 0.6 is 0 Å². The molecule has 0 saturated carbocycles. The minimum atomic E-state index is -0.356. The third-order valence-electron chi connectivity index (χ3n) is 2.52. The van der Waals surface area contributed by atoms with E-state index in [0.717, 1.165) is 11.4 Å². The molecule has 0 aliphatic rings. The monoisotopic (exact) mass is 260 g/mol. The molecule has 19 heavy (non-hydrogen) atoms. The number of hydrogen-bond acceptors (Lipinski definition) is 3. The van der Waals surface area contributed by atoms with Gasteiger partial charge in [-0.05, 0) is 25.1 Å². The summed E-state index contributed by atoms with van der Waals surface area (Å²) in [5, 5.41) is 18.2. The van der Waals surface area contributed by atoms with Gasteiger partial charge in [-0.3, -0.25) is 0 Å². The molecule has 2 amide bonds. The molecule has 0 spiro atoms. The van der Waals surface area contributed by atoms with Crippen molar-refractivity contribution in [3.63, 3.8) is 0 Å². The number of benzene rings is 1. The SMILES string of the molecule is Cc1ccn(-c2ccccc2NC(=O)NCCO)n1. The van der Waals surface area contributed by atoms with Gasteiger partial charge in [0.1, 0.15) is 0 Å². The van der Waals surface area contributed by atoms with Crippen LogP contribution in [0.2, 0.25) is 0 Å². The molecule has 0 bridgehead atoms. The first kappa shape index (κ1) is 13.1. The minimum absolute atomic E-state index is 0.0899. The van der Waals surface area contributed by atoms with Gasteiger partial charge < -0.3 is 15.7 Å². The second kappa shape index (κ2) is 6.01. The number of para-hydroxylation sites is 2. The molecule has 2 rings (SSSR count). The lowest BCUT2D eigenvalue weighted by Crippen LogP contribution is -2.31. The molecule has 0 fully saturated rings. The first-order valence-corrected chi connectivity index (χ1v) is 5.98. The molecule has 0 aliphatic carbocycles. The van der Waals surface area contributed by atoms with E-state index in [1.54, 1.807) is 10.7 Å². The highest BCUT2D eigenvalue weighted by atomic mass is 16.3. The zero-order valence-corrected chi connectivity index (χ0v) is 10.6. The third kappa shape index (κ3) is 3.32. The highest BCUT2D eigenvalue weighted by Crippen LogP contribution is 2.19. The molecular weight excluding hydrogens is 244 g/mol. The van der Waals surface area contributed by atoms with Crippen LogP contribution in [-0.4, -0.2) is 34.1 Å². The van der Waals surface area contributed by atoms with Crippen LogP contribution in [0.5, 0.6) is 0 Å². The van der Waals surface area contributed by atoms with Crippen LogP contribution in [0, 0.1) is 6.92 Å². The molecule has 0 unspecified atom stereocenters. The summed E-state index contributed by atoms with van der Waals surface area (Å²) in [6.45, 7) is 2.03. The molecule has 0 radical (unpaired) electrons. The molecule has 1 aromatic carbocycles. The summed E-state index contributed by atoms with van der Waals surface area (Å²) in [5.41, 5.74) is 2.34. The number of aryl methyl sites for hydroxylation is 1. The van der Waals surface area contributed by atoms with E-state index in [2.05, 4.69) is 15.7 Å². The number of aliphatic hydroxyl groups is 1. The molecule has 0 aliphatic heterocycles. The summed E-state index contributed by atoms with van der Waals surface area (Å²) < 4.78 is 1.71. The predicted octanol–water partition coefficient (Wildman–Crippen LogP) is 1.29. The highest BCUT2D eigenvalue weighted by Gasteiger charge is 2.07. The van der Waals surface area contributed by atoms with Gasteiger partial charge >= 0.3 is 6.03 Å². The number of urea groups is 1. The Kier molecular flexibility index (Phi) is 4.15. The Morgan fingerprint density at radius 3 is 2.84 bits per heavy atom. The standard InChI is InChI=1S/C13H16N4O2/c1-10-6-8-17(16-10)12-5-3-2-4-11(12)15-13(19)14-7-9-18/h2-6,8,18H,7,9H2,1H3,(H2,14,15,19). The van der Waals surface area contributed by atoms with E-state index >= 15 is 0 Å². The zero-order chi connectivity index (χ0) is 13.7. The van der Waals surface area contributed by atoms with E-state index in [1.807, 2.05) is 37.4 Å². The first-order valence-electron chi connectivity index (χ1n) is 5.98. The maximum atomic E-state index is 11.6. The lowest BCUT2D eigenvalue weighted by Gasteiger charge is -2.11. The number of aliphatic hydroxyl groups excluding tert-OH is 1. The molecule has 0 saturated heterocycles. The van der Waals surface area contributed by atoms with Crippen LogP contribution < -0.4 is 10.6 Å². The maximum Gasteiger partial charge on any atom is 0.319 e. The average molecular weight is 260 g/mol. The maximum absolute atomic E-state index is 11.6. The van der Waals surface area contributed by atoms with Crippen LogP contribution in [0.1, 0.15) is 5.69 Å². The van der Waals surface area contributed by atoms with E-state index < -0.39 is 0 Å². The second-order valence-corrected chi connectivity index (χ2v) is 4.02. The van der Waals surface area contributed by atoms with Crippen LogP contribution in [0.3, 0.4) is 0 Å². The van der Waals surface area contributed by atoms with E-state index in [-0.39, 0.29) is 19.2 Å². The van der Waals surface area contributed by atoms with E-state index in [0.29, 0.717) is 5.69 Å². The summed E-state index contributed by atoms with van der Waals surface area (Å²) >= 11 is 0. The van der Waals surface area contributed by atoms with Crippen molar-refractivity contribution in [2.24, 2.45) is 0 Å². The fraction of sp³-hybridized carbons (Fsp3) is 0.231. The molecule has 6 heteroatoms. The Morgan fingerprint density at radius 1 is 1.37 bits per heavy atom. The molecule has 1 heterocycles. The number of anilines is 1. The van der Waals surface area contributed by atoms with Crippen molar-refractivity contribution in [2.45, 2.75) is 6.92 Å². The van der Waals surface area contributed by atoms with Crippen molar-refractivity contribution < 1.29 is 9.90 Å². The molecule has 3 N–H and O–H groups in total. The summed E-state index contributed by atoms with van der Waals surface area (Å²) in [5.74, 6) is 0. The minimum Gasteiger partial charge on any atom is -0.395 e. The number of carbonyl (C=O) groups excluding carboxylic acids is 1. The molecular formula is C13H16N4O2. The summed E-state index contributed by atoms with van der Waals surface area (Å²) in [7, 11) is 0. The molecule has 1 aromatic heterocycles. The summed E-state index contributed by atoms with van der Waals surface area (Å²) in [6, 6.07) is 8.91. The van der Waals surface area contributed by atoms with Crippen molar-refractivity contribution >= 4 is 11.7 Å². The number of nitrogens with one attached hydrogen (secondary N) is 2. The number of carbonyl (C=O) groups is 1. The van der Waals surface area contributed by atoms with Gasteiger partial charge in [-0.15, -0.1) is 0 Å². The van der Waals surface area contributed by atoms with Crippen LogP contribution in [-0.2, 0) is 0 Å². The second-order valence-electron chi connectivity index (χ2n) is 4.02. The van der Waals surface area contributed by atoms with Crippen molar-refractivity contribution in [2.75, 3.05) is 18.5 Å². The van der Waals surface area contributed by atoms with Gasteiger partial charge in [0.15, 0.2) is 0 Å². The molecule has 2 aromatic rings. The number of aromatic nitrogens is 2. The number of nitrogens with zero attached hydrogens (tertiary/aromatic N) is 2. The largest absolute Gasteiger partial charge is 0.395 e. The van der Waals surface area contributed by atoms with Crippen LogP contribution in [0.15, 0.2) is 36.5 Å². The van der Waals surface area contributed by atoms with E-state index in [4.69, 9.17) is 5.11 Å². The fourth-order valence-electron chi connectivity index (χ4n) is 1.66. The van der Waals surface area contributed by atoms with Gasteiger partial charge in [0.2, 0.25) is 0 Å². The summed E-state index contributed by atoms with van der Waals surface area (Å²) in [6.07, 6.45) is 1.83. The van der Waals surface area contributed by atoms with Crippen molar-refractivity contribution in [1.82, 2.24) is 15.1 Å². The Bertz CT molecular complexity index is 565. The Labute approximate surface area is 111 Å². The van der Waals surface area contributed by atoms with Crippen molar-refractivity contribution in [3.05, 3.63) is 42.2 Å². The highest BCUT2D eigenvalue weighted by molar-refractivity contribution is 5.91. The van der Waals surface area contributed by atoms with Gasteiger partial charge in [-0.1, -0.05) is 12.1 Å². The average Bonchev–Trinajstić information content (AvgIpc) is 2.83. The molecule has 100 valence electrons. The Hall–Kier alpha value is -2.34. The predicted molar refractivity (Wildman–Crippen MR) is 72.4 cm³/mol. The van der Waals surface area contributed by atoms with E-state index in [1.165, 1.54) is 0 Å². The van der Waals surface area contributed by atoms with Gasteiger partial charge in [0, 0.05) is 12.7 Å². The van der Waals surface area contributed by atoms with Crippen molar-refractivity contribution in [1.29, 1.82) is 0 Å². The Morgan fingerprint density at radius 2 is 2.16 bits per heavy atom. The van der Waals surface area contributed by atoms with E-state index in [9.17, 15) is 4.79 Å². The van der Waals surface area contributed by atoms with Gasteiger partial charge in [0.25, 0.3) is 0 Å². The quantitative estimate of drug-likeness (QED) is 0.775. The normalized spacial score (nSPS) is 10.2. The third-order valence-corrected chi connectivity index (χ3v) is 2.52. The smallest absolute Gasteiger partial charge is 0.319 e. The van der Waals surface area contributed by atoms with Crippen molar-refractivity contribution in [3.8, 4) is 5.69 Å². The number of hydrogen-bond donors (Lipinski definition) is 3. The lowest BCUT2D eigenvalue weighted by atomic mass is 10.2. The van der Waals surface area contributed by atoms with Crippen LogP contribution in [0.4, 0.5) is 10.5 Å². The fourth-order valence-corrected chi connectivity index (χ4v) is 1.66. The van der Waals surface area contributed by atoms with Gasteiger partial charge in [0.05, 0.1) is 23.7 Å². The summed E-state index contributed by atoms with van der Waals surface area (Å²) in [4.78, 5) is 11.6. The van der Waals surface area contributed by atoms with Gasteiger partial charge in [-0.25, -0.2) is 9.48 Å².